The lowest BCUT2D eigenvalue weighted by Gasteiger charge is -2.16. The van der Waals surface area contributed by atoms with Crippen molar-refractivity contribution in [3.63, 3.8) is 0 Å². The standard InChI is InChI=1S/C19H19N3O5/c1-12-7-13(2)18(16(8-12)22(25)26)27-19(24)14-9-17(23)21(10-14)11-15-5-3-4-6-20-15/h3-8,14H,9-11H2,1-2H3. The Labute approximate surface area is 155 Å². The molecule has 0 N–H and O–H groups in total. The molecule has 8 heteroatoms. The maximum Gasteiger partial charge on any atom is 0.316 e. The van der Waals surface area contributed by atoms with E-state index in [0.717, 1.165) is 5.69 Å². The Kier molecular flexibility index (Phi) is 5.16. The molecule has 0 saturated carbocycles. The summed E-state index contributed by atoms with van der Waals surface area (Å²) in [5.74, 6) is -1.53. The van der Waals surface area contributed by atoms with Gasteiger partial charge in [-0.15, -0.1) is 0 Å². The zero-order valence-corrected chi connectivity index (χ0v) is 15.0. The summed E-state index contributed by atoms with van der Waals surface area (Å²) in [4.78, 5) is 41.2. The van der Waals surface area contributed by atoms with Crippen LogP contribution >= 0.6 is 0 Å². The van der Waals surface area contributed by atoms with Gasteiger partial charge < -0.3 is 9.64 Å². The van der Waals surface area contributed by atoms with Crippen LogP contribution in [0, 0.1) is 29.9 Å². The van der Waals surface area contributed by atoms with E-state index in [1.165, 1.54) is 6.07 Å². The highest BCUT2D eigenvalue weighted by Gasteiger charge is 2.36. The minimum absolute atomic E-state index is 0.0182. The molecule has 0 bridgehead atoms. The quantitative estimate of drug-likeness (QED) is 0.347. The number of aryl methyl sites for hydroxylation is 2. The van der Waals surface area contributed by atoms with Gasteiger partial charge in [-0.3, -0.25) is 24.7 Å². The van der Waals surface area contributed by atoms with E-state index >= 15 is 0 Å². The molecule has 1 aromatic carbocycles. The zero-order valence-electron chi connectivity index (χ0n) is 15.0. The molecule has 1 saturated heterocycles. The highest BCUT2D eigenvalue weighted by atomic mass is 16.6. The molecule has 0 radical (unpaired) electrons. The maximum atomic E-state index is 12.5. The van der Waals surface area contributed by atoms with E-state index in [-0.39, 0.29) is 30.3 Å². The second kappa shape index (κ2) is 7.53. The molecule has 2 aromatic rings. The van der Waals surface area contributed by atoms with E-state index < -0.39 is 16.8 Å². The van der Waals surface area contributed by atoms with Gasteiger partial charge in [0.2, 0.25) is 11.7 Å². The van der Waals surface area contributed by atoms with Crippen LogP contribution in [0.4, 0.5) is 5.69 Å². The lowest BCUT2D eigenvalue weighted by atomic mass is 10.1. The SMILES string of the molecule is Cc1cc(C)c(OC(=O)C2CC(=O)N(Cc3ccccn3)C2)c([N+](=O)[O-])c1. The highest BCUT2D eigenvalue weighted by molar-refractivity contribution is 5.88. The molecule has 0 spiro atoms. The molecule has 0 aliphatic carbocycles. The highest BCUT2D eigenvalue weighted by Crippen LogP contribution is 2.33. The summed E-state index contributed by atoms with van der Waals surface area (Å²) in [5, 5.41) is 11.3. The molecule has 1 aromatic heterocycles. The Morgan fingerprint density at radius 3 is 2.81 bits per heavy atom. The number of carbonyl (C=O) groups is 2. The molecule has 27 heavy (non-hydrogen) atoms. The van der Waals surface area contributed by atoms with Gasteiger partial charge in [0.1, 0.15) is 0 Å². The Hall–Kier alpha value is -3.29. The molecule has 1 aliphatic rings. The number of esters is 1. The maximum absolute atomic E-state index is 12.5. The minimum atomic E-state index is -0.665. The van der Waals surface area contributed by atoms with E-state index in [9.17, 15) is 19.7 Å². The third-order valence-corrected chi connectivity index (χ3v) is 4.43. The molecule has 1 fully saturated rings. The number of carbonyl (C=O) groups excluding carboxylic acids is 2. The van der Waals surface area contributed by atoms with Crippen LogP contribution in [-0.4, -0.2) is 33.2 Å². The Bertz CT molecular complexity index is 898. The summed E-state index contributed by atoms with van der Waals surface area (Å²) >= 11 is 0. The smallest absolute Gasteiger partial charge is 0.316 e. The Morgan fingerprint density at radius 1 is 1.37 bits per heavy atom. The van der Waals surface area contributed by atoms with Crippen molar-refractivity contribution >= 4 is 17.6 Å². The molecule has 2 heterocycles. The van der Waals surface area contributed by atoms with Crippen molar-refractivity contribution in [3.05, 3.63) is 63.5 Å². The van der Waals surface area contributed by atoms with E-state index in [0.29, 0.717) is 17.7 Å². The van der Waals surface area contributed by atoms with Crippen molar-refractivity contribution in [2.45, 2.75) is 26.8 Å². The van der Waals surface area contributed by atoms with Gasteiger partial charge in [-0.05, 0) is 37.1 Å². The molecular weight excluding hydrogens is 350 g/mol. The second-order valence-corrected chi connectivity index (χ2v) is 6.60. The number of pyridine rings is 1. The third kappa shape index (κ3) is 4.11. The summed E-state index contributed by atoms with van der Waals surface area (Å²) < 4.78 is 5.35. The first-order valence-corrected chi connectivity index (χ1v) is 8.50. The first-order chi connectivity index (χ1) is 12.8. The molecule has 140 valence electrons. The first kappa shape index (κ1) is 18.5. The predicted octanol–water partition coefficient (Wildman–Crippen LogP) is 2.56. The molecule has 1 unspecified atom stereocenters. The average Bonchev–Trinajstić information content (AvgIpc) is 2.98. The molecule has 1 aliphatic heterocycles. The van der Waals surface area contributed by atoms with Crippen molar-refractivity contribution in [1.82, 2.24) is 9.88 Å². The Morgan fingerprint density at radius 2 is 2.15 bits per heavy atom. The van der Waals surface area contributed by atoms with Crippen LogP contribution in [0.1, 0.15) is 23.2 Å². The molecular formula is C19H19N3O5. The van der Waals surface area contributed by atoms with Crippen molar-refractivity contribution in [3.8, 4) is 5.75 Å². The van der Waals surface area contributed by atoms with Crippen LogP contribution in [0.3, 0.4) is 0 Å². The number of nitrogens with zero attached hydrogens (tertiary/aromatic N) is 3. The normalized spacial score (nSPS) is 16.4. The number of rotatable bonds is 5. The van der Waals surface area contributed by atoms with E-state index in [2.05, 4.69) is 4.98 Å². The van der Waals surface area contributed by atoms with Crippen LogP contribution in [0.2, 0.25) is 0 Å². The van der Waals surface area contributed by atoms with Gasteiger partial charge in [-0.2, -0.15) is 0 Å². The van der Waals surface area contributed by atoms with Crippen molar-refractivity contribution in [2.75, 3.05) is 6.54 Å². The Balaban J connectivity index is 1.73. The number of likely N-dealkylation sites (tertiary alicyclic amines) is 1. The van der Waals surface area contributed by atoms with Crippen LogP contribution in [0.15, 0.2) is 36.5 Å². The molecule has 8 nitrogen and oxygen atoms in total. The number of hydrogen-bond acceptors (Lipinski definition) is 6. The van der Waals surface area contributed by atoms with Gasteiger partial charge in [-0.25, -0.2) is 0 Å². The number of nitro benzene ring substituents is 1. The summed E-state index contributed by atoms with van der Waals surface area (Å²) in [6.45, 7) is 3.90. The monoisotopic (exact) mass is 369 g/mol. The fourth-order valence-electron chi connectivity index (χ4n) is 3.15. The number of hydrogen-bond donors (Lipinski definition) is 0. The fourth-order valence-corrected chi connectivity index (χ4v) is 3.15. The van der Waals surface area contributed by atoms with E-state index in [1.54, 1.807) is 43.1 Å². The number of aromatic nitrogens is 1. The lowest BCUT2D eigenvalue weighted by molar-refractivity contribution is -0.385. The number of benzene rings is 1. The largest absolute Gasteiger partial charge is 0.419 e. The number of nitro groups is 1. The summed E-state index contributed by atoms with van der Waals surface area (Å²) in [6.07, 6.45) is 1.66. The molecule has 3 rings (SSSR count). The third-order valence-electron chi connectivity index (χ3n) is 4.43. The lowest BCUT2D eigenvalue weighted by Crippen LogP contribution is -2.27. The molecule has 1 amide bonds. The summed E-state index contributed by atoms with van der Waals surface area (Å²) in [5.41, 5.74) is 1.68. The van der Waals surface area contributed by atoms with E-state index in [4.69, 9.17) is 4.74 Å². The molecule has 1 atom stereocenters. The second-order valence-electron chi connectivity index (χ2n) is 6.60. The van der Waals surface area contributed by atoms with Crippen molar-refractivity contribution < 1.29 is 19.2 Å². The fraction of sp³-hybridized carbons (Fsp3) is 0.316. The van der Waals surface area contributed by atoms with Crippen molar-refractivity contribution in [2.24, 2.45) is 5.92 Å². The van der Waals surface area contributed by atoms with Gasteiger partial charge in [0.25, 0.3) is 0 Å². The van der Waals surface area contributed by atoms with Crippen molar-refractivity contribution in [1.29, 1.82) is 0 Å². The van der Waals surface area contributed by atoms with Gasteiger partial charge in [-0.1, -0.05) is 12.1 Å². The van der Waals surface area contributed by atoms with Crippen LogP contribution in [0.5, 0.6) is 5.75 Å². The summed E-state index contributed by atoms with van der Waals surface area (Å²) in [6, 6.07) is 8.49. The minimum Gasteiger partial charge on any atom is -0.419 e. The summed E-state index contributed by atoms with van der Waals surface area (Å²) in [7, 11) is 0. The topological polar surface area (TPSA) is 103 Å². The van der Waals surface area contributed by atoms with E-state index in [1.807, 2.05) is 6.07 Å². The van der Waals surface area contributed by atoms with Crippen LogP contribution in [-0.2, 0) is 16.1 Å². The number of ether oxygens (including phenoxy) is 1. The first-order valence-electron chi connectivity index (χ1n) is 8.50. The average molecular weight is 369 g/mol. The van der Waals surface area contributed by atoms with Gasteiger partial charge in [0.05, 0.1) is 23.1 Å². The van der Waals surface area contributed by atoms with Crippen LogP contribution < -0.4 is 4.74 Å². The van der Waals surface area contributed by atoms with Gasteiger partial charge in [0.15, 0.2) is 0 Å². The van der Waals surface area contributed by atoms with Gasteiger partial charge >= 0.3 is 11.7 Å². The predicted molar refractivity (Wildman–Crippen MR) is 96.0 cm³/mol. The van der Waals surface area contributed by atoms with Crippen LogP contribution in [0.25, 0.3) is 0 Å². The van der Waals surface area contributed by atoms with Gasteiger partial charge in [0, 0.05) is 25.2 Å². The number of amides is 1. The zero-order chi connectivity index (χ0) is 19.6.